The minimum absolute atomic E-state index is 0.165. The van der Waals surface area contributed by atoms with Gasteiger partial charge in [0.1, 0.15) is 0 Å². The quantitative estimate of drug-likeness (QED) is 0.0317. The summed E-state index contributed by atoms with van der Waals surface area (Å²) in [6.07, 6.45) is -12.3. The van der Waals surface area contributed by atoms with Crippen LogP contribution in [0.1, 0.15) is 135 Å². The summed E-state index contributed by atoms with van der Waals surface area (Å²) in [5.41, 5.74) is -9.83. The highest BCUT2D eigenvalue weighted by atomic mass is 16.4. The normalized spacial score (nSPS) is 20.4. The summed E-state index contributed by atoms with van der Waals surface area (Å²) in [7, 11) is 0. The SMILES string of the molecule is CCCCCCCCCCCCCC(CC(O)CO)(CC(O)CO)C(CC(O)CO)(CC(O)CO)C(CC(O)CO)(CC(O)CO)C(CC(O)CO)(CC(O)CO)C(=O)O. The van der Waals surface area contributed by atoms with E-state index in [1.165, 1.54) is 6.42 Å². The lowest BCUT2D eigenvalue weighted by molar-refractivity contribution is -0.256. The van der Waals surface area contributed by atoms with Crippen LogP contribution in [-0.4, -0.2) is 194 Å². The van der Waals surface area contributed by atoms with Crippen LogP contribution < -0.4 is 0 Å². The first-order valence-electron chi connectivity index (χ1n) is 21.9. The fourth-order valence-electron chi connectivity index (χ4n) is 10.5. The van der Waals surface area contributed by atoms with Crippen LogP contribution in [-0.2, 0) is 4.79 Å². The summed E-state index contributed by atoms with van der Waals surface area (Å²) in [5.74, 6) is -1.88. The maximum absolute atomic E-state index is 14.3. The van der Waals surface area contributed by atoms with Gasteiger partial charge in [0.15, 0.2) is 0 Å². The third-order valence-electron chi connectivity index (χ3n) is 13.0. The van der Waals surface area contributed by atoms with Gasteiger partial charge in [-0.15, -0.1) is 0 Å². The van der Waals surface area contributed by atoms with Crippen LogP contribution >= 0.6 is 0 Å². The molecular formula is C42H84O18. The number of aliphatic carboxylic acids is 1. The first-order valence-corrected chi connectivity index (χ1v) is 21.9. The molecule has 17 N–H and O–H groups in total. The van der Waals surface area contributed by atoms with Crippen LogP contribution in [0.5, 0.6) is 0 Å². The highest BCUT2D eigenvalue weighted by molar-refractivity contribution is 5.76. The second-order valence-corrected chi connectivity index (χ2v) is 17.4. The van der Waals surface area contributed by atoms with Gasteiger partial charge in [0.25, 0.3) is 0 Å². The fraction of sp³-hybridized carbons (Fsp3) is 0.976. The maximum atomic E-state index is 14.3. The molecule has 0 rings (SSSR count). The topological polar surface area (TPSA) is 361 Å². The Morgan fingerprint density at radius 3 is 0.900 bits per heavy atom. The van der Waals surface area contributed by atoms with Crippen molar-refractivity contribution in [3.63, 3.8) is 0 Å². The number of carboxylic acid groups (broad SMARTS) is 1. The van der Waals surface area contributed by atoms with E-state index in [1.807, 2.05) is 0 Å². The molecule has 18 heteroatoms. The van der Waals surface area contributed by atoms with Crippen molar-refractivity contribution in [2.24, 2.45) is 21.7 Å². The summed E-state index contributed by atoms with van der Waals surface area (Å²) in [6, 6.07) is 0. The van der Waals surface area contributed by atoms with Crippen molar-refractivity contribution in [3.8, 4) is 0 Å². The molecule has 0 spiro atoms. The molecule has 60 heavy (non-hydrogen) atoms. The number of carbonyl (C=O) groups is 1. The number of carboxylic acids is 1. The molecule has 8 unspecified atom stereocenters. The van der Waals surface area contributed by atoms with Gasteiger partial charge in [0, 0.05) is 0 Å². The van der Waals surface area contributed by atoms with Crippen LogP contribution in [0.2, 0.25) is 0 Å². The molecule has 0 aromatic heterocycles. The molecule has 0 aliphatic heterocycles. The Kier molecular flexibility index (Phi) is 30.2. The van der Waals surface area contributed by atoms with Crippen LogP contribution in [0.25, 0.3) is 0 Å². The molecule has 0 amide bonds. The van der Waals surface area contributed by atoms with Crippen molar-refractivity contribution >= 4 is 5.97 Å². The van der Waals surface area contributed by atoms with Crippen molar-refractivity contribution in [2.75, 3.05) is 52.9 Å². The van der Waals surface area contributed by atoms with Gasteiger partial charge in [-0.2, -0.15) is 0 Å². The first kappa shape index (κ1) is 58.8. The summed E-state index contributed by atoms with van der Waals surface area (Å²) >= 11 is 0. The molecule has 0 saturated carbocycles. The Labute approximate surface area is 355 Å². The third-order valence-corrected chi connectivity index (χ3v) is 13.0. The average Bonchev–Trinajstić information content (AvgIpc) is 3.23. The highest BCUT2D eigenvalue weighted by Gasteiger charge is 2.72. The number of rotatable bonds is 40. The van der Waals surface area contributed by atoms with Crippen LogP contribution in [0.15, 0.2) is 0 Å². The van der Waals surface area contributed by atoms with Crippen molar-refractivity contribution in [1.82, 2.24) is 0 Å². The molecular weight excluding hydrogens is 792 g/mol. The van der Waals surface area contributed by atoms with Gasteiger partial charge in [-0.25, -0.2) is 0 Å². The number of aliphatic hydroxyl groups excluding tert-OH is 16. The van der Waals surface area contributed by atoms with Gasteiger partial charge in [0.2, 0.25) is 0 Å². The van der Waals surface area contributed by atoms with Gasteiger partial charge in [-0.05, 0) is 74.0 Å². The van der Waals surface area contributed by atoms with E-state index in [4.69, 9.17) is 0 Å². The van der Waals surface area contributed by atoms with E-state index in [0.29, 0.717) is 12.8 Å². The lowest BCUT2D eigenvalue weighted by Gasteiger charge is -2.69. The standard InChI is InChI=1S/C42H84O18/c1-2-3-4-5-6-7-8-9-10-11-12-13-39(14-30(51)22-43,15-31(52)23-44)41(18-34(55)26-47,19-35(56)27-48)42(20-36(57)28-49,21-37(58)29-50)40(38(59)60,16-32(53)24-45)17-33(54)25-46/h30-37,43-58H,2-29H2,1H3,(H,59,60). The summed E-state index contributed by atoms with van der Waals surface area (Å²) in [5, 5.41) is 186. The molecule has 0 radical (unpaired) electrons. The van der Waals surface area contributed by atoms with Crippen LogP contribution in [0, 0.1) is 21.7 Å². The first-order chi connectivity index (χ1) is 28.4. The number of aliphatic hydroxyl groups is 16. The second kappa shape index (κ2) is 30.8. The molecule has 0 fully saturated rings. The van der Waals surface area contributed by atoms with Gasteiger partial charge in [-0.3, -0.25) is 4.79 Å². The summed E-state index contributed by atoms with van der Waals surface area (Å²) in [6.45, 7) is -6.18. The molecule has 0 bridgehead atoms. The van der Waals surface area contributed by atoms with Gasteiger partial charge in [0.05, 0.1) is 107 Å². The molecule has 0 aliphatic carbocycles. The van der Waals surface area contributed by atoms with Crippen molar-refractivity contribution < 1.29 is 91.6 Å². The average molecular weight is 877 g/mol. The fourth-order valence-corrected chi connectivity index (χ4v) is 10.5. The van der Waals surface area contributed by atoms with E-state index in [0.717, 1.165) is 44.9 Å². The van der Waals surface area contributed by atoms with Gasteiger partial charge >= 0.3 is 5.97 Å². The molecule has 0 saturated heterocycles. The Morgan fingerprint density at radius 1 is 0.367 bits per heavy atom. The number of unbranched alkanes of at least 4 members (excludes halogenated alkanes) is 10. The zero-order valence-corrected chi connectivity index (χ0v) is 35.9. The van der Waals surface area contributed by atoms with E-state index in [2.05, 4.69) is 6.92 Å². The minimum Gasteiger partial charge on any atom is -0.481 e. The van der Waals surface area contributed by atoms with E-state index in [1.54, 1.807) is 0 Å². The van der Waals surface area contributed by atoms with Gasteiger partial charge in [-0.1, -0.05) is 77.6 Å². The van der Waals surface area contributed by atoms with Crippen molar-refractivity contribution in [2.45, 2.75) is 184 Å². The highest BCUT2D eigenvalue weighted by Crippen LogP contribution is 2.73. The molecule has 0 aliphatic rings. The minimum atomic E-state index is -2.83. The number of hydrogen-bond acceptors (Lipinski definition) is 17. The molecule has 0 aromatic carbocycles. The zero-order valence-electron chi connectivity index (χ0n) is 35.9. The summed E-state index contributed by atoms with van der Waals surface area (Å²) in [4.78, 5) is 14.3. The smallest absolute Gasteiger partial charge is 0.310 e. The van der Waals surface area contributed by atoms with E-state index in [-0.39, 0.29) is 12.8 Å². The maximum Gasteiger partial charge on any atom is 0.310 e. The Balaban J connectivity index is 8.94. The van der Waals surface area contributed by atoms with E-state index in [9.17, 15) is 91.6 Å². The molecule has 360 valence electrons. The Bertz CT molecular complexity index is 1040. The monoisotopic (exact) mass is 877 g/mol. The number of hydrogen-bond donors (Lipinski definition) is 17. The largest absolute Gasteiger partial charge is 0.481 e. The predicted molar refractivity (Wildman–Crippen MR) is 220 cm³/mol. The van der Waals surface area contributed by atoms with E-state index >= 15 is 0 Å². The van der Waals surface area contributed by atoms with E-state index < -0.39 is 181 Å². The Morgan fingerprint density at radius 2 is 0.617 bits per heavy atom. The molecule has 0 heterocycles. The molecule has 18 nitrogen and oxygen atoms in total. The van der Waals surface area contributed by atoms with Gasteiger partial charge < -0.3 is 86.8 Å². The lowest BCUT2D eigenvalue weighted by atomic mass is 9.35. The summed E-state index contributed by atoms with van der Waals surface area (Å²) < 4.78 is 0. The third kappa shape index (κ3) is 17.1. The molecule has 8 atom stereocenters. The van der Waals surface area contributed by atoms with Crippen molar-refractivity contribution in [3.05, 3.63) is 0 Å². The predicted octanol–water partition coefficient (Wildman–Crippen LogP) is -1.34. The lowest BCUT2D eigenvalue weighted by Crippen LogP contribution is -2.69. The van der Waals surface area contributed by atoms with Crippen LogP contribution in [0.3, 0.4) is 0 Å². The zero-order chi connectivity index (χ0) is 46.0. The second-order valence-electron chi connectivity index (χ2n) is 17.4. The van der Waals surface area contributed by atoms with Crippen molar-refractivity contribution in [1.29, 1.82) is 0 Å². The van der Waals surface area contributed by atoms with Crippen LogP contribution in [0.4, 0.5) is 0 Å². The Hall–Kier alpha value is -1.17. The molecule has 0 aromatic rings.